The first-order valence-corrected chi connectivity index (χ1v) is 13.3. The fraction of sp³-hybridized carbons (Fsp3) is 0.370. The molecule has 2 atom stereocenters. The molecule has 1 amide bonds. The van der Waals surface area contributed by atoms with Crippen molar-refractivity contribution in [3.05, 3.63) is 53.7 Å². The molecule has 0 saturated carbocycles. The number of hydrogen-bond donors (Lipinski definition) is 1. The number of carbonyl (C=O) groups excluding carboxylic acids is 2. The number of anilines is 1. The van der Waals surface area contributed by atoms with Gasteiger partial charge >= 0.3 is 0 Å². The Labute approximate surface area is 214 Å². The van der Waals surface area contributed by atoms with Gasteiger partial charge in [-0.1, -0.05) is 26.3 Å². The van der Waals surface area contributed by atoms with Crippen LogP contribution in [0.1, 0.15) is 49.9 Å². The Bertz CT molecular complexity index is 1400. The number of Topliss-reactive ketones (excluding diaryl/α,β-unsaturated/α-hetero) is 1. The molecule has 186 valence electrons. The van der Waals surface area contributed by atoms with Crippen LogP contribution < -0.4 is 10.2 Å². The number of ketones is 1. The van der Waals surface area contributed by atoms with Gasteiger partial charge in [0, 0.05) is 31.8 Å². The molecule has 5 heterocycles. The van der Waals surface area contributed by atoms with Crippen molar-refractivity contribution >= 4 is 34.5 Å². The monoisotopic (exact) mass is 502 g/mol. The van der Waals surface area contributed by atoms with E-state index < -0.39 is 0 Å². The number of carbonyl (C=O) groups is 2. The van der Waals surface area contributed by atoms with Crippen LogP contribution in [0, 0.1) is 5.92 Å². The maximum absolute atomic E-state index is 13.3. The molecule has 0 radical (unpaired) electrons. The highest BCUT2D eigenvalue weighted by molar-refractivity contribution is 7.13. The van der Waals surface area contributed by atoms with E-state index in [1.807, 2.05) is 46.8 Å². The summed E-state index contributed by atoms with van der Waals surface area (Å²) < 4.78 is 1.72. The Balaban J connectivity index is 1.57. The summed E-state index contributed by atoms with van der Waals surface area (Å²) in [6.45, 7) is 5.02. The maximum Gasteiger partial charge on any atom is 0.242 e. The van der Waals surface area contributed by atoms with Crippen LogP contribution in [0.5, 0.6) is 0 Å². The molecule has 0 aromatic carbocycles. The molecule has 1 aliphatic rings. The summed E-state index contributed by atoms with van der Waals surface area (Å²) in [5.74, 6) is 1.16. The van der Waals surface area contributed by atoms with Gasteiger partial charge in [0.2, 0.25) is 5.91 Å². The van der Waals surface area contributed by atoms with Crippen molar-refractivity contribution in [2.45, 2.75) is 45.6 Å². The summed E-state index contributed by atoms with van der Waals surface area (Å²) in [7, 11) is 1.64. The fourth-order valence-electron chi connectivity index (χ4n) is 4.40. The lowest BCUT2D eigenvalue weighted by atomic mass is 9.97. The average Bonchev–Trinajstić information content (AvgIpc) is 3.56. The number of nitrogens with one attached hydrogen (secondary N) is 1. The molecule has 9 heteroatoms. The molecule has 1 aliphatic heterocycles. The molecule has 0 aliphatic carbocycles. The van der Waals surface area contributed by atoms with Gasteiger partial charge in [0.05, 0.1) is 28.0 Å². The lowest BCUT2D eigenvalue weighted by Crippen LogP contribution is -2.56. The minimum absolute atomic E-state index is 0.0451. The van der Waals surface area contributed by atoms with E-state index in [9.17, 15) is 9.59 Å². The summed E-state index contributed by atoms with van der Waals surface area (Å²) in [5.41, 5.74) is 3.53. The molecule has 4 aromatic heterocycles. The number of pyridine rings is 1. The van der Waals surface area contributed by atoms with Crippen molar-refractivity contribution in [1.82, 2.24) is 24.9 Å². The number of thiophene rings is 1. The van der Waals surface area contributed by atoms with Crippen molar-refractivity contribution in [2.24, 2.45) is 5.92 Å². The van der Waals surface area contributed by atoms with Crippen molar-refractivity contribution in [1.29, 1.82) is 0 Å². The van der Waals surface area contributed by atoms with E-state index in [-0.39, 0.29) is 17.7 Å². The zero-order chi connectivity index (χ0) is 25.2. The number of hydrogen-bond acceptors (Lipinski definition) is 7. The summed E-state index contributed by atoms with van der Waals surface area (Å²) in [4.78, 5) is 38.4. The van der Waals surface area contributed by atoms with Crippen molar-refractivity contribution < 1.29 is 9.59 Å². The van der Waals surface area contributed by atoms with Crippen molar-refractivity contribution in [3.8, 4) is 21.8 Å². The first-order valence-electron chi connectivity index (χ1n) is 12.4. The van der Waals surface area contributed by atoms with Crippen LogP contribution in [0.2, 0.25) is 0 Å². The van der Waals surface area contributed by atoms with Gasteiger partial charge in [-0.25, -0.2) is 14.5 Å². The van der Waals surface area contributed by atoms with E-state index in [0.29, 0.717) is 41.6 Å². The van der Waals surface area contributed by atoms with Gasteiger partial charge in [0.25, 0.3) is 0 Å². The van der Waals surface area contributed by atoms with E-state index in [1.165, 1.54) is 0 Å². The molecule has 5 rings (SSSR count). The van der Waals surface area contributed by atoms with Crippen LogP contribution in [0.25, 0.3) is 27.5 Å². The Morgan fingerprint density at radius 2 is 2.08 bits per heavy atom. The molecule has 1 unspecified atom stereocenters. The van der Waals surface area contributed by atoms with Gasteiger partial charge in [-0.3, -0.25) is 9.59 Å². The van der Waals surface area contributed by atoms with E-state index in [4.69, 9.17) is 9.97 Å². The van der Waals surface area contributed by atoms with Crippen LogP contribution >= 0.6 is 11.3 Å². The quantitative estimate of drug-likeness (QED) is 0.329. The Morgan fingerprint density at radius 1 is 1.22 bits per heavy atom. The first-order chi connectivity index (χ1) is 17.5. The number of nitrogens with zero attached hydrogens (tertiary/aromatic N) is 5. The molecule has 1 N–H and O–H groups in total. The normalized spacial score (nSPS) is 16.1. The standard InChI is InChI=1S/C27H30N6O2S/c1-4-17(2)7-8-23(34)18-14-21(30-25(15-18)32-11-10-22(32)27(35)28-3)19-16-29-33-12-9-20(31-26(19)33)24-6-5-13-36-24/h5-6,9,12-17,22H,4,7-8,10-11H2,1-3H3,(H,28,35)/t17?,22-/m0/s1. The molecule has 0 spiro atoms. The Hall–Kier alpha value is -3.59. The predicted molar refractivity (Wildman–Crippen MR) is 142 cm³/mol. The van der Waals surface area contributed by atoms with Crippen LogP contribution in [-0.2, 0) is 4.79 Å². The second-order valence-corrected chi connectivity index (χ2v) is 10.3. The highest BCUT2D eigenvalue weighted by atomic mass is 32.1. The minimum Gasteiger partial charge on any atom is -0.357 e. The molecule has 36 heavy (non-hydrogen) atoms. The number of amides is 1. The molecule has 4 aromatic rings. The molecular formula is C27H30N6O2S. The van der Waals surface area contributed by atoms with E-state index in [0.717, 1.165) is 35.4 Å². The smallest absolute Gasteiger partial charge is 0.242 e. The predicted octanol–water partition coefficient (Wildman–Crippen LogP) is 4.85. The molecule has 0 bridgehead atoms. The van der Waals surface area contributed by atoms with E-state index in [2.05, 4.69) is 24.3 Å². The van der Waals surface area contributed by atoms with Crippen molar-refractivity contribution in [3.63, 3.8) is 0 Å². The zero-order valence-corrected chi connectivity index (χ0v) is 21.6. The zero-order valence-electron chi connectivity index (χ0n) is 20.8. The van der Waals surface area contributed by atoms with Gasteiger partial charge in [-0.15, -0.1) is 11.3 Å². The number of aromatic nitrogens is 4. The van der Waals surface area contributed by atoms with E-state index in [1.54, 1.807) is 29.1 Å². The maximum atomic E-state index is 13.3. The van der Waals surface area contributed by atoms with Gasteiger partial charge in [0.15, 0.2) is 11.4 Å². The average molecular weight is 503 g/mol. The number of fused-ring (bicyclic) bond motifs is 1. The van der Waals surface area contributed by atoms with Crippen LogP contribution in [-0.4, -0.2) is 50.9 Å². The van der Waals surface area contributed by atoms with Gasteiger partial charge in [0.1, 0.15) is 11.9 Å². The van der Waals surface area contributed by atoms with Gasteiger partial charge in [-0.05, 0) is 48.4 Å². The van der Waals surface area contributed by atoms with Crippen molar-refractivity contribution in [2.75, 3.05) is 18.5 Å². The molecule has 1 fully saturated rings. The third kappa shape index (κ3) is 4.63. The Kier molecular flexibility index (Phi) is 6.82. The lowest BCUT2D eigenvalue weighted by Gasteiger charge is -2.40. The summed E-state index contributed by atoms with van der Waals surface area (Å²) in [6, 6.07) is 9.36. The molecule has 8 nitrogen and oxygen atoms in total. The molecule has 1 saturated heterocycles. The number of likely N-dealkylation sites (N-methyl/N-ethyl adjacent to an activating group) is 1. The summed E-state index contributed by atoms with van der Waals surface area (Å²) in [6.07, 6.45) is 6.75. The fourth-order valence-corrected chi connectivity index (χ4v) is 5.10. The highest BCUT2D eigenvalue weighted by Crippen LogP contribution is 2.32. The number of rotatable bonds is 9. The molecular weight excluding hydrogens is 472 g/mol. The largest absolute Gasteiger partial charge is 0.357 e. The topological polar surface area (TPSA) is 92.5 Å². The third-order valence-electron chi connectivity index (χ3n) is 6.98. The van der Waals surface area contributed by atoms with Gasteiger partial charge in [-0.2, -0.15) is 5.10 Å². The second-order valence-electron chi connectivity index (χ2n) is 9.30. The van der Waals surface area contributed by atoms with Gasteiger partial charge < -0.3 is 10.2 Å². The van der Waals surface area contributed by atoms with Crippen LogP contribution in [0.3, 0.4) is 0 Å². The lowest BCUT2D eigenvalue weighted by molar-refractivity contribution is -0.123. The van der Waals surface area contributed by atoms with E-state index >= 15 is 0 Å². The summed E-state index contributed by atoms with van der Waals surface area (Å²) in [5, 5.41) is 9.24. The highest BCUT2D eigenvalue weighted by Gasteiger charge is 2.35. The summed E-state index contributed by atoms with van der Waals surface area (Å²) >= 11 is 1.63. The minimum atomic E-state index is -0.284. The van der Waals surface area contributed by atoms with Crippen LogP contribution in [0.15, 0.2) is 48.1 Å². The SMILES string of the molecule is CCC(C)CCC(=O)c1cc(-c2cnn3ccc(-c4cccs4)nc23)nc(N2CC[C@H]2C(=O)NC)c1. The van der Waals surface area contributed by atoms with Crippen LogP contribution in [0.4, 0.5) is 5.82 Å². The second kappa shape index (κ2) is 10.2. The third-order valence-corrected chi connectivity index (χ3v) is 7.87. The Morgan fingerprint density at radius 3 is 2.78 bits per heavy atom. The first kappa shape index (κ1) is 24.1.